The summed E-state index contributed by atoms with van der Waals surface area (Å²) in [6.07, 6.45) is -0.972. The summed E-state index contributed by atoms with van der Waals surface area (Å²) in [5.41, 5.74) is 1.81. The van der Waals surface area contributed by atoms with Crippen LogP contribution in [0.15, 0.2) is 24.3 Å². The second kappa shape index (κ2) is 5.43. The number of aliphatic hydroxyl groups is 1. The summed E-state index contributed by atoms with van der Waals surface area (Å²) in [6, 6.07) is 7.45. The first-order valence-electron chi connectivity index (χ1n) is 5.83. The van der Waals surface area contributed by atoms with Crippen LogP contribution in [0.4, 0.5) is 0 Å². The van der Waals surface area contributed by atoms with Crippen LogP contribution < -0.4 is 5.32 Å². The Labute approximate surface area is 103 Å². The van der Waals surface area contributed by atoms with E-state index in [0.29, 0.717) is 5.56 Å². The van der Waals surface area contributed by atoms with Gasteiger partial charge in [-0.05, 0) is 18.0 Å². The molecule has 0 bridgehead atoms. The van der Waals surface area contributed by atoms with Gasteiger partial charge in [-0.1, -0.05) is 45.0 Å². The molecule has 0 aromatic heterocycles. The average Bonchev–Trinajstić information content (AvgIpc) is 2.27. The fraction of sp³-hybridized carbons (Fsp3) is 0.500. The Bertz CT molecular complexity index is 376. The van der Waals surface area contributed by atoms with E-state index >= 15 is 0 Å². The third-order valence-corrected chi connectivity index (χ3v) is 2.74. The molecular weight excluding hydrogens is 214 g/mol. The molecule has 0 fully saturated rings. The predicted octanol–water partition coefficient (Wildman–Crippen LogP) is 1.75. The van der Waals surface area contributed by atoms with Gasteiger partial charge in [-0.2, -0.15) is 0 Å². The number of hydrogen-bond acceptors (Lipinski definition) is 3. The molecule has 0 amide bonds. The van der Waals surface area contributed by atoms with E-state index in [0.717, 1.165) is 0 Å². The Morgan fingerprint density at radius 1 is 1.29 bits per heavy atom. The highest BCUT2D eigenvalue weighted by Crippen LogP contribution is 2.22. The number of aliphatic hydroxyl groups excluding tert-OH is 1. The van der Waals surface area contributed by atoms with E-state index in [1.807, 2.05) is 12.1 Å². The van der Waals surface area contributed by atoms with Gasteiger partial charge in [0.1, 0.15) is 6.10 Å². The van der Waals surface area contributed by atoms with Crippen molar-refractivity contribution in [3.63, 3.8) is 0 Å². The van der Waals surface area contributed by atoms with Gasteiger partial charge in [0, 0.05) is 12.1 Å². The summed E-state index contributed by atoms with van der Waals surface area (Å²) in [5, 5.41) is 12.4. The summed E-state index contributed by atoms with van der Waals surface area (Å²) in [5.74, 6) is -0.236. The summed E-state index contributed by atoms with van der Waals surface area (Å²) >= 11 is 0. The number of likely N-dealkylation sites (N-methyl/N-ethyl adjacent to an activating group) is 1. The van der Waals surface area contributed by atoms with Gasteiger partial charge in [-0.3, -0.25) is 4.79 Å². The fourth-order valence-corrected chi connectivity index (χ4v) is 1.61. The van der Waals surface area contributed by atoms with Crippen LogP contribution in [-0.2, 0) is 5.41 Å². The van der Waals surface area contributed by atoms with Gasteiger partial charge < -0.3 is 10.4 Å². The molecule has 1 aromatic carbocycles. The maximum atomic E-state index is 11.8. The molecule has 1 aromatic rings. The molecule has 94 valence electrons. The molecule has 0 aliphatic heterocycles. The van der Waals surface area contributed by atoms with E-state index in [2.05, 4.69) is 26.1 Å². The van der Waals surface area contributed by atoms with Crippen LogP contribution in [0.1, 0.15) is 36.7 Å². The van der Waals surface area contributed by atoms with Crippen LogP contribution in [0.25, 0.3) is 0 Å². The lowest BCUT2D eigenvalue weighted by Gasteiger charge is -2.19. The molecule has 2 N–H and O–H groups in total. The number of hydrogen-bond donors (Lipinski definition) is 2. The van der Waals surface area contributed by atoms with E-state index in [1.54, 1.807) is 19.2 Å². The zero-order chi connectivity index (χ0) is 13.1. The Morgan fingerprint density at radius 3 is 2.24 bits per heavy atom. The molecular formula is C14H21NO2. The predicted molar refractivity (Wildman–Crippen MR) is 69.4 cm³/mol. The lowest BCUT2D eigenvalue weighted by Crippen LogP contribution is -2.31. The van der Waals surface area contributed by atoms with Crippen molar-refractivity contribution in [1.29, 1.82) is 0 Å². The van der Waals surface area contributed by atoms with Crippen LogP contribution in [0.3, 0.4) is 0 Å². The second-order valence-electron chi connectivity index (χ2n) is 5.27. The van der Waals surface area contributed by atoms with Crippen LogP contribution in [-0.4, -0.2) is 30.6 Å². The summed E-state index contributed by atoms with van der Waals surface area (Å²) in [6.45, 7) is 6.65. The Kier molecular flexibility index (Phi) is 4.43. The van der Waals surface area contributed by atoms with Gasteiger partial charge in [0.25, 0.3) is 0 Å². The minimum Gasteiger partial charge on any atom is -0.384 e. The summed E-state index contributed by atoms with van der Waals surface area (Å²) in [7, 11) is 1.71. The van der Waals surface area contributed by atoms with Gasteiger partial charge in [-0.15, -0.1) is 0 Å². The Morgan fingerprint density at radius 2 is 1.82 bits per heavy atom. The highest BCUT2D eigenvalue weighted by Gasteiger charge is 2.18. The van der Waals surface area contributed by atoms with Gasteiger partial charge in [0.2, 0.25) is 0 Å². The zero-order valence-electron chi connectivity index (χ0n) is 10.9. The second-order valence-corrected chi connectivity index (χ2v) is 5.27. The van der Waals surface area contributed by atoms with E-state index < -0.39 is 6.10 Å². The molecule has 0 saturated heterocycles. The maximum Gasteiger partial charge on any atom is 0.192 e. The zero-order valence-corrected chi connectivity index (χ0v) is 10.9. The fourth-order valence-electron chi connectivity index (χ4n) is 1.61. The van der Waals surface area contributed by atoms with Crippen molar-refractivity contribution in [2.24, 2.45) is 0 Å². The van der Waals surface area contributed by atoms with Crippen LogP contribution in [0.5, 0.6) is 0 Å². The molecule has 1 rings (SSSR count). The van der Waals surface area contributed by atoms with Crippen molar-refractivity contribution in [3.05, 3.63) is 35.4 Å². The van der Waals surface area contributed by atoms with Gasteiger partial charge in [0.15, 0.2) is 5.78 Å². The van der Waals surface area contributed by atoms with Crippen molar-refractivity contribution in [1.82, 2.24) is 5.32 Å². The van der Waals surface area contributed by atoms with E-state index in [1.165, 1.54) is 5.56 Å². The SMILES string of the molecule is CNCC(O)C(=O)c1ccc(C(C)(C)C)cc1. The first-order chi connectivity index (χ1) is 7.86. The topological polar surface area (TPSA) is 49.3 Å². The number of carbonyl (C=O) groups excluding carboxylic acids is 1. The molecule has 0 radical (unpaired) electrons. The summed E-state index contributed by atoms with van der Waals surface area (Å²) in [4.78, 5) is 11.8. The van der Waals surface area contributed by atoms with Crippen LogP contribution in [0.2, 0.25) is 0 Å². The van der Waals surface area contributed by atoms with Crippen LogP contribution in [0, 0.1) is 0 Å². The molecule has 17 heavy (non-hydrogen) atoms. The highest BCUT2D eigenvalue weighted by molar-refractivity contribution is 5.99. The van der Waals surface area contributed by atoms with Crippen molar-refractivity contribution in [3.8, 4) is 0 Å². The van der Waals surface area contributed by atoms with Gasteiger partial charge in [0.05, 0.1) is 0 Å². The smallest absolute Gasteiger partial charge is 0.192 e. The number of ketones is 1. The monoisotopic (exact) mass is 235 g/mol. The normalized spacial score (nSPS) is 13.5. The first-order valence-corrected chi connectivity index (χ1v) is 5.83. The Balaban J connectivity index is 2.84. The molecule has 1 unspecified atom stereocenters. The first kappa shape index (κ1) is 13.9. The number of rotatable bonds is 4. The highest BCUT2D eigenvalue weighted by atomic mass is 16.3. The van der Waals surface area contributed by atoms with E-state index in [-0.39, 0.29) is 17.7 Å². The third-order valence-electron chi connectivity index (χ3n) is 2.74. The quantitative estimate of drug-likeness (QED) is 0.782. The lowest BCUT2D eigenvalue weighted by molar-refractivity contribution is 0.0750. The van der Waals surface area contributed by atoms with Crippen molar-refractivity contribution in [2.45, 2.75) is 32.3 Å². The molecule has 0 aliphatic rings. The summed E-state index contributed by atoms with van der Waals surface area (Å²) < 4.78 is 0. The number of Topliss-reactive ketones (excluding diaryl/α,β-unsaturated/α-hetero) is 1. The van der Waals surface area contributed by atoms with Crippen molar-refractivity contribution >= 4 is 5.78 Å². The van der Waals surface area contributed by atoms with E-state index in [4.69, 9.17) is 0 Å². The number of benzene rings is 1. The molecule has 3 heteroatoms. The van der Waals surface area contributed by atoms with Crippen molar-refractivity contribution in [2.75, 3.05) is 13.6 Å². The molecule has 0 saturated carbocycles. The molecule has 3 nitrogen and oxygen atoms in total. The molecule has 0 aliphatic carbocycles. The van der Waals surface area contributed by atoms with E-state index in [9.17, 15) is 9.90 Å². The largest absolute Gasteiger partial charge is 0.384 e. The molecule has 0 spiro atoms. The third kappa shape index (κ3) is 3.65. The number of carbonyl (C=O) groups is 1. The average molecular weight is 235 g/mol. The van der Waals surface area contributed by atoms with Gasteiger partial charge >= 0.3 is 0 Å². The maximum absolute atomic E-state index is 11.8. The molecule has 1 atom stereocenters. The van der Waals surface area contributed by atoms with Gasteiger partial charge in [-0.25, -0.2) is 0 Å². The standard InChI is InChI=1S/C14H21NO2/c1-14(2,3)11-7-5-10(6-8-11)13(17)12(16)9-15-4/h5-8,12,15-16H,9H2,1-4H3. The number of nitrogens with one attached hydrogen (secondary N) is 1. The lowest BCUT2D eigenvalue weighted by atomic mass is 9.86. The molecule has 0 heterocycles. The minimum atomic E-state index is -0.972. The Hall–Kier alpha value is -1.19. The minimum absolute atomic E-state index is 0.0746. The van der Waals surface area contributed by atoms with Crippen LogP contribution >= 0.6 is 0 Å². The van der Waals surface area contributed by atoms with Crippen molar-refractivity contribution < 1.29 is 9.90 Å².